The summed E-state index contributed by atoms with van der Waals surface area (Å²) in [5, 5.41) is 5.81. The molecule has 4 N–H and O–H groups in total. The Balaban J connectivity index is 1.72. The minimum absolute atomic E-state index is 0.0487. The van der Waals surface area contributed by atoms with Gasteiger partial charge in [-0.25, -0.2) is 8.42 Å². The van der Waals surface area contributed by atoms with Crippen LogP contribution in [0.15, 0.2) is 41.3 Å². The maximum Gasteiger partial charge on any atom is 0.250 e. The zero-order valence-corrected chi connectivity index (χ0v) is 18.6. The van der Waals surface area contributed by atoms with Crippen molar-refractivity contribution < 1.29 is 22.7 Å². The number of halogens is 2. The van der Waals surface area contributed by atoms with E-state index in [1.165, 1.54) is 40.7 Å². The molecular weight excluding hydrogens is 467 g/mol. The Bertz CT molecular complexity index is 1100. The van der Waals surface area contributed by atoms with Crippen LogP contribution in [0.3, 0.4) is 0 Å². The maximum absolute atomic E-state index is 12.9. The molecule has 2 aromatic rings. The van der Waals surface area contributed by atoms with Crippen LogP contribution in [0.25, 0.3) is 0 Å². The van der Waals surface area contributed by atoms with Gasteiger partial charge < -0.3 is 21.1 Å². The summed E-state index contributed by atoms with van der Waals surface area (Å²) in [6.07, 6.45) is 0. The Morgan fingerprint density at radius 3 is 2.48 bits per heavy atom. The summed E-state index contributed by atoms with van der Waals surface area (Å²) in [6.45, 7) is 0.836. The SMILES string of the molecule is NC(=O)c1ccc(Cl)cc1NCC(=O)Nc1ccc(Cl)c(S(=O)(=O)N2CCOCC2)c1. The van der Waals surface area contributed by atoms with Crippen molar-refractivity contribution in [2.45, 2.75) is 4.90 Å². The molecule has 12 heteroatoms. The Morgan fingerprint density at radius 1 is 1.10 bits per heavy atom. The number of nitrogens with two attached hydrogens (primary N) is 1. The predicted molar refractivity (Wildman–Crippen MR) is 118 cm³/mol. The first kappa shape index (κ1) is 23.3. The smallest absolute Gasteiger partial charge is 0.250 e. The lowest BCUT2D eigenvalue weighted by Gasteiger charge is -2.26. The molecule has 166 valence electrons. The lowest BCUT2D eigenvalue weighted by Crippen LogP contribution is -2.40. The molecule has 0 aliphatic carbocycles. The molecule has 0 unspecified atom stereocenters. The van der Waals surface area contributed by atoms with Gasteiger partial charge in [0.25, 0.3) is 5.91 Å². The van der Waals surface area contributed by atoms with Gasteiger partial charge >= 0.3 is 0 Å². The van der Waals surface area contributed by atoms with E-state index in [9.17, 15) is 18.0 Å². The number of amides is 2. The van der Waals surface area contributed by atoms with Gasteiger partial charge in [0.1, 0.15) is 4.90 Å². The highest BCUT2D eigenvalue weighted by molar-refractivity contribution is 7.89. The van der Waals surface area contributed by atoms with Crippen LogP contribution in [0.5, 0.6) is 0 Å². The lowest BCUT2D eigenvalue weighted by molar-refractivity contribution is -0.114. The topological polar surface area (TPSA) is 131 Å². The molecule has 1 saturated heterocycles. The van der Waals surface area contributed by atoms with E-state index in [1.54, 1.807) is 0 Å². The van der Waals surface area contributed by atoms with Crippen molar-refractivity contribution in [1.82, 2.24) is 4.31 Å². The summed E-state index contributed by atoms with van der Waals surface area (Å²) in [7, 11) is -3.84. The van der Waals surface area contributed by atoms with Crippen molar-refractivity contribution in [2.24, 2.45) is 5.73 Å². The predicted octanol–water partition coefficient (Wildman–Crippen LogP) is 2.16. The first-order valence-corrected chi connectivity index (χ1v) is 11.4. The lowest BCUT2D eigenvalue weighted by atomic mass is 10.1. The highest BCUT2D eigenvalue weighted by Gasteiger charge is 2.28. The normalized spacial score (nSPS) is 14.8. The summed E-state index contributed by atoms with van der Waals surface area (Å²) < 4.78 is 32.3. The molecule has 0 radical (unpaired) electrons. The molecule has 0 saturated carbocycles. The quantitative estimate of drug-likeness (QED) is 0.549. The second kappa shape index (κ2) is 9.84. The Labute approximate surface area is 189 Å². The fourth-order valence-corrected chi connectivity index (χ4v) is 5.04. The Morgan fingerprint density at radius 2 is 1.81 bits per heavy atom. The van der Waals surface area contributed by atoms with Crippen molar-refractivity contribution in [1.29, 1.82) is 0 Å². The number of hydrogen-bond donors (Lipinski definition) is 3. The van der Waals surface area contributed by atoms with Crippen LogP contribution in [0.1, 0.15) is 10.4 Å². The third-order valence-corrected chi connectivity index (χ3v) is 7.10. The number of hydrogen-bond acceptors (Lipinski definition) is 6. The van der Waals surface area contributed by atoms with Crippen LogP contribution in [0.4, 0.5) is 11.4 Å². The average Bonchev–Trinajstić information content (AvgIpc) is 2.74. The molecule has 2 amide bonds. The Hall–Kier alpha value is -2.37. The van der Waals surface area contributed by atoms with Gasteiger partial charge in [-0.2, -0.15) is 4.31 Å². The van der Waals surface area contributed by atoms with Crippen LogP contribution in [-0.2, 0) is 19.6 Å². The van der Waals surface area contributed by atoms with Crippen molar-refractivity contribution >= 4 is 56.4 Å². The number of anilines is 2. The monoisotopic (exact) mass is 486 g/mol. The van der Waals surface area contributed by atoms with Crippen molar-refractivity contribution in [3.8, 4) is 0 Å². The first-order chi connectivity index (χ1) is 14.7. The van der Waals surface area contributed by atoms with Gasteiger partial charge in [-0.15, -0.1) is 0 Å². The number of rotatable bonds is 7. The van der Waals surface area contributed by atoms with Crippen LogP contribution < -0.4 is 16.4 Å². The highest BCUT2D eigenvalue weighted by Crippen LogP contribution is 2.28. The molecular formula is C19H20Cl2N4O5S. The molecule has 0 bridgehead atoms. The molecule has 0 atom stereocenters. The summed E-state index contributed by atoms with van der Waals surface area (Å²) in [4.78, 5) is 23.8. The van der Waals surface area contributed by atoms with Crippen LogP contribution in [-0.4, -0.2) is 57.4 Å². The van der Waals surface area contributed by atoms with Crippen molar-refractivity contribution in [3.05, 3.63) is 52.0 Å². The number of nitrogens with zero attached hydrogens (tertiary/aromatic N) is 1. The molecule has 1 aliphatic heterocycles. The van der Waals surface area contributed by atoms with E-state index in [4.69, 9.17) is 33.7 Å². The first-order valence-electron chi connectivity index (χ1n) is 9.19. The minimum Gasteiger partial charge on any atom is -0.379 e. The number of carbonyl (C=O) groups is 2. The number of nitrogens with one attached hydrogen (secondary N) is 2. The van der Waals surface area contributed by atoms with E-state index < -0.39 is 21.8 Å². The van der Waals surface area contributed by atoms with Crippen molar-refractivity contribution in [2.75, 3.05) is 43.5 Å². The zero-order valence-electron chi connectivity index (χ0n) is 16.2. The van der Waals surface area contributed by atoms with E-state index in [0.717, 1.165) is 0 Å². The minimum atomic E-state index is -3.84. The number of sulfonamides is 1. The van der Waals surface area contributed by atoms with Gasteiger partial charge in [-0.1, -0.05) is 23.2 Å². The molecule has 1 aliphatic rings. The van der Waals surface area contributed by atoms with Gasteiger partial charge in [-0.05, 0) is 36.4 Å². The number of carbonyl (C=O) groups excluding carboxylic acids is 2. The van der Waals surface area contributed by atoms with Gasteiger partial charge in [0, 0.05) is 29.5 Å². The van der Waals surface area contributed by atoms with Gasteiger partial charge in [0.15, 0.2) is 0 Å². The summed E-state index contributed by atoms with van der Waals surface area (Å²) >= 11 is 12.1. The summed E-state index contributed by atoms with van der Waals surface area (Å²) in [6, 6.07) is 8.64. The van der Waals surface area contributed by atoms with E-state index in [0.29, 0.717) is 23.9 Å². The molecule has 9 nitrogen and oxygen atoms in total. The number of benzene rings is 2. The van der Waals surface area contributed by atoms with Crippen LogP contribution >= 0.6 is 23.2 Å². The van der Waals surface area contributed by atoms with Gasteiger partial charge in [0.05, 0.1) is 30.3 Å². The summed E-state index contributed by atoms with van der Waals surface area (Å²) in [5.74, 6) is -1.15. The fraction of sp³-hybridized carbons (Fsp3) is 0.263. The molecule has 31 heavy (non-hydrogen) atoms. The number of ether oxygens (including phenoxy) is 1. The largest absolute Gasteiger partial charge is 0.379 e. The zero-order chi connectivity index (χ0) is 22.6. The average molecular weight is 487 g/mol. The molecule has 3 rings (SSSR count). The third kappa shape index (κ3) is 5.66. The Kier molecular flexibility index (Phi) is 7.39. The van der Waals surface area contributed by atoms with Crippen LogP contribution in [0.2, 0.25) is 10.0 Å². The molecule has 1 fully saturated rings. The van der Waals surface area contributed by atoms with Crippen LogP contribution in [0, 0.1) is 0 Å². The molecule has 2 aromatic carbocycles. The van der Waals surface area contributed by atoms with Gasteiger partial charge in [0.2, 0.25) is 15.9 Å². The summed E-state index contributed by atoms with van der Waals surface area (Å²) in [5.41, 5.74) is 6.07. The number of primary amides is 1. The van der Waals surface area contributed by atoms with E-state index in [-0.39, 0.29) is 40.8 Å². The standard InChI is InChI=1S/C19H20Cl2N4O5S/c20-12-1-3-14(19(22)27)16(9-12)23-11-18(26)24-13-2-4-15(21)17(10-13)31(28,29)25-5-7-30-8-6-25/h1-4,9-10,23H,5-8,11H2,(H2,22,27)(H,24,26). The van der Waals surface area contributed by atoms with Crippen molar-refractivity contribution in [3.63, 3.8) is 0 Å². The van der Waals surface area contributed by atoms with E-state index in [2.05, 4.69) is 10.6 Å². The number of morpholine rings is 1. The second-order valence-corrected chi connectivity index (χ2v) is 9.37. The van der Waals surface area contributed by atoms with E-state index in [1.807, 2.05) is 0 Å². The maximum atomic E-state index is 12.9. The molecule has 0 aromatic heterocycles. The fourth-order valence-electron chi connectivity index (χ4n) is 2.96. The molecule has 0 spiro atoms. The second-order valence-electron chi connectivity index (χ2n) is 6.62. The van der Waals surface area contributed by atoms with E-state index >= 15 is 0 Å². The highest BCUT2D eigenvalue weighted by atomic mass is 35.5. The molecule has 1 heterocycles. The third-order valence-electron chi connectivity index (χ3n) is 4.49. The van der Waals surface area contributed by atoms with Gasteiger partial charge in [-0.3, -0.25) is 9.59 Å².